The fourth-order valence-corrected chi connectivity index (χ4v) is 4.14. The molecule has 1 amide bonds. The van der Waals surface area contributed by atoms with Crippen molar-refractivity contribution < 1.29 is 4.79 Å². The topological polar surface area (TPSA) is 26.8 Å². The van der Waals surface area contributed by atoms with Gasteiger partial charge in [-0.25, -0.2) is 0 Å². The summed E-state index contributed by atoms with van der Waals surface area (Å²) in [6, 6.07) is 8.11. The Hall–Kier alpha value is -1.10. The molecule has 3 rings (SSSR count). The number of likely N-dealkylation sites (tertiary alicyclic amines) is 1. The normalized spacial score (nSPS) is 23.0. The van der Waals surface area contributed by atoms with Crippen molar-refractivity contribution in [3.63, 3.8) is 0 Å². The molecule has 1 atom stereocenters. The van der Waals surface area contributed by atoms with E-state index < -0.39 is 0 Å². The van der Waals surface area contributed by atoms with Crippen molar-refractivity contribution in [2.75, 3.05) is 46.3 Å². The number of amides is 1. The molecule has 2 saturated heterocycles. The summed E-state index contributed by atoms with van der Waals surface area (Å²) in [6.45, 7) is 6.91. The lowest BCUT2D eigenvalue weighted by Crippen LogP contribution is -2.47. The van der Waals surface area contributed by atoms with Gasteiger partial charge < -0.3 is 9.80 Å². The van der Waals surface area contributed by atoms with Crippen molar-refractivity contribution in [3.8, 4) is 0 Å². The Balaban J connectivity index is 1.44. The number of carbonyl (C=O) groups is 1. The Bertz CT molecular complexity index is 572. The van der Waals surface area contributed by atoms with Gasteiger partial charge in [-0.15, -0.1) is 0 Å². The lowest BCUT2D eigenvalue weighted by atomic mass is 9.92. The Kier molecular flexibility index (Phi) is 6.74. The number of benzene rings is 1. The summed E-state index contributed by atoms with van der Waals surface area (Å²) < 4.78 is 0. The van der Waals surface area contributed by atoms with Gasteiger partial charge in [-0.1, -0.05) is 29.8 Å². The van der Waals surface area contributed by atoms with Crippen LogP contribution in [0.15, 0.2) is 24.3 Å². The zero-order valence-electron chi connectivity index (χ0n) is 15.3. The first-order valence-electron chi connectivity index (χ1n) is 9.54. The maximum atomic E-state index is 12.4. The van der Waals surface area contributed by atoms with Crippen molar-refractivity contribution >= 4 is 17.5 Å². The van der Waals surface area contributed by atoms with Gasteiger partial charge in [0.05, 0.1) is 0 Å². The number of rotatable bonds is 5. The molecule has 2 aliphatic rings. The monoisotopic (exact) mass is 363 g/mol. The largest absolute Gasteiger partial charge is 0.340 e. The van der Waals surface area contributed by atoms with Gasteiger partial charge >= 0.3 is 0 Å². The maximum absolute atomic E-state index is 12.4. The minimum absolute atomic E-state index is 0.344. The van der Waals surface area contributed by atoms with E-state index in [0.717, 1.165) is 57.3 Å². The van der Waals surface area contributed by atoms with Gasteiger partial charge in [0.2, 0.25) is 5.91 Å². The van der Waals surface area contributed by atoms with Gasteiger partial charge in [-0.2, -0.15) is 0 Å². The maximum Gasteiger partial charge on any atom is 0.222 e. The van der Waals surface area contributed by atoms with E-state index in [4.69, 9.17) is 11.6 Å². The SMILES string of the molecule is CN1CCN(C(=O)CC[C@@H]2CCCN(Cc3ccccc3Cl)C2)CC1. The number of hydrogen-bond acceptors (Lipinski definition) is 3. The average Bonchev–Trinajstić information content (AvgIpc) is 2.63. The number of piperidine rings is 1. The van der Waals surface area contributed by atoms with Gasteiger partial charge in [0.15, 0.2) is 0 Å². The molecule has 0 radical (unpaired) electrons. The fourth-order valence-electron chi connectivity index (χ4n) is 3.94. The zero-order chi connectivity index (χ0) is 17.6. The second-order valence-electron chi connectivity index (χ2n) is 7.56. The molecule has 0 aromatic heterocycles. The van der Waals surface area contributed by atoms with E-state index in [1.54, 1.807) is 0 Å². The molecule has 1 aromatic rings. The van der Waals surface area contributed by atoms with E-state index in [-0.39, 0.29) is 0 Å². The number of nitrogens with zero attached hydrogens (tertiary/aromatic N) is 3. The molecule has 0 aliphatic carbocycles. The summed E-state index contributed by atoms with van der Waals surface area (Å²) in [5, 5.41) is 0.856. The quantitative estimate of drug-likeness (QED) is 0.804. The van der Waals surface area contributed by atoms with Crippen LogP contribution in [0.3, 0.4) is 0 Å². The Labute approximate surface area is 156 Å². The third kappa shape index (κ3) is 5.44. The van der Waals surface area contributed by atoms with Gasteiger partial charge in [-0.3, -0.25) is 9.69 Å². The Morgan fingerprint density at radius 1 is 1.16 bits per heavy atom. The zero-order valence-corrected chi connectivity index (χ0v) is 16.0. The Morgan fingerprint density at radius 3 is 2.68 bits per heavy atom. The van der Waals surface area contributed by atoms with E-state index in [0.29, 0.717) is 18.2 Å². The predicted octanol–water partition coefficient (Wildman–Crippen LogP) is 3.11. The highest BCUT2D eigenvalue weighted by Gasteiger charge is 2.23. The van der Waals surface area contributed by atoms with E-state index in [1.807, 2.05) is 17.0 Å². The molecule has 4 nitrogen and oxygen atoms in total. The van der Waals surface area contributed by atoms with Crippen molar-refractivity contribution in [2.24, 2.45) is 5.92 Å². The molecule has 0 unspecified atom stereocenters. The predicted molar refractivity (Wildman–Crippen MR) is 103 cm³/mol. The number of halogens is 1. The molecule has 1 aromatic carbocycles. The highest BCUT2D eigenvalue weighted by Crippen LogP contribution is 2.25. The number of piperazine rings is 1. The first-order valence-corrected chi connectivity index (χ1v) is 9.91. The van der Waals surface area contributed by atoms with Crippen LogP contribution in [-0.2, 0) is 11.3 Å². The van der Waals surface area contributed by atoms with Crippen LogP contribution in [-0.4, -0.2) is 66.9 Å². The van der Waals surface area contributed by atoms with Crippen LogP contribution >= 0.6 is 11.6 Å². The minimum atomic E-state index is 0.344. The second kappa shape index (κ2) is 9.02. The van der Waals surface area contributed by atoms with Crippen LogP contribution in [0.1, 0.15) is 31.2 Å². The summed E-state index contributed by atoms with van der Waals surface area (Å²) in [5.74, 6) is 0.976. The van der Waals surface area contributed by atoms with Crippen LogP contribution in [0.4, 0.5) is 0 Å². The van der Waals surface area contributed by atoms with Gasteiger partial charge in [0, 0.05) is 50.7 Å². The molecular formula is C20H30ClN3O. The molecule has 0 N–H and O–H groups in total. The second-order valence-corrected chi connectivity index (χ2v) is 7.96. The third-order valence-corrected chi connectivity index (χ3v) is 5.95. The molecular weight excluding hydrogens is 334 g/mol. The van der Waals surface area contributed by atoms with E-state index in [9.17, 15) is 4.79 Å². The fraction of sp³-hybridized carbons (Fsp3) is 0.650. The molecule has 2 fully saturated rings. The highest BCUT2D eigenvalue weighted by atomic mass is 35.5. The summed E-state index contributed by atoms with van der Waals surface area (Å²) in [6.07, 6.45) is 4.19. The first kappa shape index (κ1) is 18.7. The van der Waals surface area contributed by atoms with Crippen LogP contribution in [0.25, 0.3) is 0 Å². The summed E-state index contributed by atoms with van der Waals surface area (Å²) >= 11 is 6.30. The molecule has 2 aliphatic heterocycles. The molecule has 5 heteroatoms. The minimum Gasteiger partial charge on any atom is -0.340 e. The van der Waals surface area contributed by atoms with Crippen LogP contribution in [0.5, 0.6) is 0 Å². The molecule has 0 saturated carbocycles. The molecule has 138 valence electrons. The van der Waals surface area contributed by atoms with Gasteiger partial charge in [0.25, 0.3) is 0 Å². The van der Waals surface area contributed by atoms with Crippen LogP contribution < -0.4 is 0 Å². The molecule has 0 bridgehead atoms. The van der Waals surface area contributed by atoms with Gasteiger partial charge in [-0.05, 0) is 50.4 Å². The number of likely N-dealkylation sites (N-methyl/N-ethyl adjacent to an activating group) is 1. The van der Waals surface area contributed by atoms with Crippen molar-refractivity contribution in [1.29, 1.82) is 0 Å². The summed E-state index contributed by atoms with van der Waals surface area (Å²) in [4.78, 5) is 19.3. The number of carbonyl (C=O) groups excluding carboxylic acids is 1. The first-order chi connectivity index (χ1) is 12.1. The summed E-state index contributed by atoms with van der Waals surface area (Å²) in [7, 11) is 2.12. The smallest absolute Gasteiger partial charge is 0.222 e. The lowest BCUT2D eigenvalue weighted by Gasteiger charge is -2.34. The lowest BCUT2D eigenvalue weighted by molar-refractivity contribution is -0.133. The van der Waals surface area contributed by atoms with Crippen molar-refractivity contribution in [1.82, 2.24) is 14.7 Å². The Morgan fingerprint density at radius 2 is 1.92 bits per heavy atom. The van der Waals surface area contributed by atoms with E-state index >= 15 is 0 Å². The average molecular weight is 364 g/mol. The van der Waals surface area contributed by atoms with Crippen molar-refractivity contribution in [2.45, 2.75) is 32.2 Å². The van der Waals surface area contributed by atoms with Crippen LogP contribution in [0, 0.1) is 5.92 Å². The van der Waals surface area contributed by atoms with Crippen molar-refractivity contribution in [3.05, 3.63) is 34.9 Å². The number of hydrogen-bond donors (Lipinski definition) is 0. The van der Waals surface area contributed by atoms with E-state index in [2.05, 4.69) is 29.0 Å². The standard InChI is InChI=1S/C20H30ClN3O/c1-22-11-13-24(14-12-22)20(25)9-8-17-5-4-10-23(15-17)16-18-6-2-3-7-19(18)21/h2-3,6-7,17H,4-5,8-16H2,1H3/t17-/m0/s1. The van der Waals surface area contributed by atoms with Crippen LogP contribution in [0.2, 0.25) is 5.02 Å². The third-order valence-electron chi connectivity index (χ3n) is 5.58. The van der Waals surface area contributed by atoms with Gasteiger partial charge in [0.1, 0.15) is 0 Å². The molecule has 2 heterocycles. The molecule has 0 spiro atoms. The summed E-state index contributed by atoms with van der Waals surface area (Å²) in [5.41, 5.74) is 1.21. The highest BCUT2D eigenvalue weighted by molar-refractivity contribution is 6.31. The van der Waals surface area contributed by atoms with E-state index in [1.165, 1.54) is 18.4 Å². The molecule has 25 heavy (non-hydrogen) atoms.